The van der Waals surface area contributed by atoms with Gasteiger partial charge >= 0.3 is 0 Å². The summed E-state index contributed by atoms with van der Waals surface area (Å²) in [5.41, 5.74) is 0.0132. The van der Waals surface area contributed by atoms with E-state index >= 15 is 0 Å². The quantitative estimate of drug-likeness (QED) is 0.925. The van der Waals surface area contributed by atoms with Crippen molar-refractivity contribution in [2.24, 2.45) is 0 Å². The smallest absolute Gasteiger partial charge is 0.261 e. The number of carbonyl (C=O) groups excluding carboxylic acids is 2. The number of halogens is 1. The molecule has 2 amide bonds. The minimum absolute atomic E-state index is 0.0980. The molecule has 0 spiro atoms. The number of aryl methyl sites for hydroxylation is 1. The molecular formula is C15H19ClN2O3. The molecule has 0 unspecified atom stereocenters. The minimum atomic E-state index is -0.853. The lowest BCUT2D eigenvalue weighted by molar-refractivity contribution is -0.150. The molecule has 0 bridgehead atoms. The zero-order chi connectivity index (χ0) is 15.6. The lowest BCUT2D eigenvalue weighted by atomic mass is 9.99. The Kier molecular flexibility index (Phi) is 4.42. The van der Waals surface area contributed by atoms with E-state index in [4.69, 9.17) is 16.3 Å². The third-order valence-electron chi connectivity index (χ3n) is 3.64. The molecule has 1 aliphatic heterocycles. The summed E-state index contributed by atoms with van der Waals surface area (Å²) in [7, 11) is 0. The van der Waals surface area contributed by atoms with Crippen molar-refractivity contribution in [3.8, 4) is 5.75 Å². The second-order valence-corrected chi connectivity index (χ2v) is 6.00. The number of carbonyl (C=O) groups is 2. The average molecular weight is 311 g/mol. The molecule has 1 fully saturated rings. The Morgan fingerprint density at radius 2 is 2.19 bits per heavy atom. The lowest BCUT2D eigenvalue weighted by Crippen LogP contribution is -2.64. The van der Waals surface area contributed by atoms with Crippen LogP contribution in [0, 0.1) is 6.92 Å². The normalized spacial score (nSPS) is 17.3. The summed E-state index contributed by atoms with van der Waals surface area (Å²) >= 11 is 5.88. The highest BCUT2D eigenvalue weighted by Gasteiger charge is 2.40. The number of nitrogens with one attached hydrogen (secondary N) is 1. The van der Waals surface area contributed by atoms with E-state index < -0.39 is 5.54 Å². The van der Waals surface area contributed by atoms with Gasteiger partial charge < -0.3 is 15.0 Å². The summed E-state index contributed by atoms with van der Waals surface area (Å²) in [6.45, 7) is 6.18. The predicted molar refractivity (Wildman–Crippen MR) is 80.5 cm³/mol. The number of amides is 2. The van der Waals surface area contributed by atoms with Crippen LogP contribution in [0.25, 0.3) is 0 Å². The molecule has 0 radical (unpaired) electrons. The fourth-order valence-electron chi connectivity index (χ4n) is 2.33. The van der Waals surface area contributed by atoms with E-state index in [9.17, 15) is 9.59 Å². The van der Waals surface area contributed by atoms with Crippen molar-refractivity contribution in [2.45, 2.75) is 26.3 Å². The number of hydrogen-bond donors (Lipinski definition) is 1. The number of nitrogens with zero attached hydrogens (tertiary/aromatic N) is 1. The van der Waals surface area contributed by atoms with Crippen LogP contribution in [-0.4, -0.2) is 41.9 Å². The van der Waals surface area contributed by atoms with Gasteiger partial charge in [-0.25, -0.2) is 0 Å². The molecule has 0 atom stereocenters. The molecule has 114 valence electrons. The van der Waals surface area contributed by atoms with Gasteiger partial charge in [0.25, 0.3) is 5.91 Å². The second-order valence-electron chi connectivity index (χ2n) is 5.56. The van der Waals surface area contributed by atoms with E-state index in [0.29, 0.717) is 23.9 Å². The summed E-state index contributed by atoms with van der Waals surface area (Å²) < 4.78 is 5.55. The molecule has 2 rings (SSSR count). The van der Waals surface area contributed by atoms with Gasteiger partial charge in [-0.15, -0.1) is 0 Å². The molecule has 5 nitrogen and oxygen atoms in total. The third-order valence-corrected chi connectivity index (χ3v) is 3.88. The van der Waals surface area contributed by atoms with Crippen molar-refractivity contribution in [1.82, 2.24) is 10.2 Å². The molecule has 1 N–H and O–H groups in total. The Labute approximate surface area is 129 Å². The molecule has 1 saturated heterocycles. The minimum Gasteiger partial charge on any atom is -0.483 e. The van der Waals surface area contributed by atoms with Gasteiger partial charge in [0, 0.05) is 18.1 Å². The number of rotatable bonds is 3. The van der Waals surface area contributed by atoms with Crippen LogP contribution in [-0.2, 0) is 9.59 Å². The van der Waals surface area contributed by atoms with E-state index in [0.717, 1.165) is 5.56 Å². The first kappa shape index (κ1) is 15.6. The van der Waals surface area contributed by atoms with Crippen LogP contribution in [0.3, 0.4) is 0 Å². The van der Waals surface area contributed by atoms with Crippen molar-refractivity contribution >= 4 is 23.4 Å². The zero-order valence-electron chi connectivity index (χ0n) is 12.4. The van der Waals surface area contributed by atoms with Gasteiger partial charge in [0.05, 0.1) is 0 Å². The predicted octanol–water partition coefficient (Wildman–Crippen LogP) is 1.76. The van der Waals surface area contributed by atoms with Crippen LogP contribution in [0.5, 0.6) is 5.75 Å². The van der Waals surface area contributed by atoms with Gasteiger partial charge in [-0.3, -0.25) is 9.59 Å². The molecule has 0 aliphatic carbocycles. The van der Waals surface area contributed by atoms with Crippen molar-refractivity contribution in [1.29, 1.82) is 0 Å². The first-order valence-electron chi connectivity index (χ1n) is 6.80. The highest BCUT2D eigenvalue weighted by Crippen LogP contribution is 2.23. The zero-order valence-corrected chi connectivity index (χ0v) is 13.2. The Morgan fingerprint density at radius 1 is 1.48 bits per heavy atom. The molecule has 0 saturated carbocycles. The van der Waals surface area contributed by atoms with Crippen molar-refractivity contribution in [3.05, 3.63) is 28.8 Å². The van der Waals surface area contributed by atoms with Gasteiger partial charge in [-0.2, -0.15) is 0 Å². The van der Waals surface area contributed by atoms with Crippen LogP contribution >= 0.6 is 11.6 Å². The highest BCUT2D eigenvalue weighted by atomic mass is 35.5. The van der Waals surface area contributed by atoms with E-state index in [1.807, 2.05) is 6.92 Å². The monoisotopic (exact) mass is 310 g/mol. The van der Waals surface area contributed by atoms with Gasteiger partial charge in [0.2, 0.25) is 5.91 Å². The number of hydrogen-bond acceptors (Lipinski definition) is 3. The molecule has 0 aromatic heterocycles. The van der Waals surface area contributed by atoms with E-state index in [1.54, 1.807) is 36.9 Å². The van der Waals surface area contributed by atoms with Gasteiger partial charge in [0.1, 0.15) is 11.3 Å². The molecular weight excluding hydrogens is 292 g/mol. The molecule has 21 heavy (non-hydrogen) atoms. The summed E-state index contributed by atoms with van der Waals surface area (Å²) in [4.78, 5) is 25.7. The molecule has 6 heteroatoms. The maximum atomic E-state index is 12.3. The summed E-state index contributed by atoms with van der Waals surface area (Å²) in [6, 6.07) is 5.23. The lowest BCUT2D eigenvalue weighted by Gasteiger charge is -2.41. The SMILES string of the molecule is Cc1cc(Cl)ccc1OCC(=O)N1CCNC(=O)C1(C)C. The highest BCUT2D eigenvalue weighted by molar-refractivity contribution is 6.30. The Balaban J connectivity index is 2.03. The molecule has 1 aliphatic rings. The Morgan fingerprint density at radius 3 is 2.86 bits per heavy atom. The van der Waals surface area contributed by atoms with Crippen molar-refractivity contribution < 1.29 is 14.3 Å². The molecule has 1 heterocycles. The van der Waals surface area contributed by atoms with Gasteiger partial charge in [-0.1, -0.05) is 11.6 Å². The molecule has 1 aromatic rings. The summed E-state index contributed by atoms with van der Waals surface area (Å²) in [5, 5.41) is 3.38. The number of piperazine rings is 1. The fraction of sp³-hybridized carbons (Fsp3) is 0.467. The standard InChI is InChI=1S/C15H19ClN2O3/c1-10-8-11(16)4-5-12(10)21-9-13(19)18-7-6-17-14(20)15(18,2)3/h4-5,8H,6-7,9H2,1-3H3,(H,17,20). The van der Waals surface area contributed by atoms with Crippen LogP contribution in [0.15, 0.2) is 18.2 Å². The van der Waals surface area contributed by atoms with E-state index in [2.05, 4.69) is 5.32 Å². The fourth-order valence-corrected chi connectivity index (χ4v) is 2.55. The maximum Gasteiger partial charge on any atom is 0.261 e. The van der Waals surface area contributed by atoms with Crippen LogP contribution < -0.4 is 10.1 Å². The van der Waals surface area contributed by atoms with Crippen molar-refractivity contribution in [2.75, 3.05) is 19.7 Å². The van der Waals surface area contributed by atoms with Crippen LogP contribution in [0.1, 0.15) is 19.4 Å². The first-order valence-corrected chi connectivity index (χ1v) is 7.18. The Hall–Kier alpha value is -1.75. The van der Waals surface area contributed by atoms with Crippen LogP contribution in [0.2, 0.25) is 5.02 Å². The number of benzene rings is 1. The maximum absolute atomic E-state index is 12.3. The van der Waals surface area contributed by atoms with E-state index in [1.165, 1.54) is 0 Å². The first-order chi connectivity index (χ1) is 9.82. The largest absolute Gasteiger partial charge is 0.483 e. The Bertz CT molecular complexity index is 572. The van der Waals surface area contributed by atoms with Gasteiger partial charge in [-0.05, 0) is 44.5 Å². The second kappa shape index (κ2) is 5.93. The third kappa shape index (κ3) is 3.29. The number of ether oxygens (including phenoxy) is 1. The van der Waals surface area contributed by atoms with Crippen molar-refractivity contribution in [3.63, 3.8) is 0 Å². The summed E-state index contributed by atoms with van der Waals surface area (Å²) in [5.74, 6) is 0.265. The molecule has 1 aromatic carbocycles. The average Bonchev–Trinajstić information content (AvgIpc) is 2.40. The van der Waals surface area contributed by atoms with Gasteiger partial charge in [0.15, 0.2) is 6.61 Å². The topological polar surface area (TPSA) is 58.6 Å². The van der Waals surface area contributed by atoms with Crippen LogP contribution in [0.4, 0.5) is 0 Å². The summed E-state index contributed by atoms with van der Waals surface area (Å²) in [6.07, 6.45) is 0. The van der Waals surface area contributed by atoms with E-state index in [-0.39, 0.29) is 18.4 Å².